The SMILES string of the molecule is COCCN(CCO)C(=O)c1cccc2[nH]ccc12. The normalized spacial score (nSPS) is 10.8. The number of aliphatic hydroxyl groups is 1. The Morgan fingerprint density at radius 1 is 1.37 bits per heavy atom. The molecule has 0 aliphatic carbocycles. The minimum absolute atomic E-state index is 0.0570. The van der Waals surface area contributed by atoms with Crippen LogP contribution in [0.3, 0.4) is 0 Å². The van der Waals surface area contributed by atoms with E-state index >= 15 is 0 Å². The molecule has 0 atom stereocenters. The molecule has 19 heavy (non-hydrogen) atoms. The van der Waals surface area contributed by atoms with E-state index in [1.165, 1.54) is 0 Å². The third-order valence-electron chi connectivity index (χ3n) is 3.05. The lowest BCUT2D eigenvalue weighted by atomic mass is 10.1. The van der Waals surface area contributed by atoms with Gasteiger partial charge >= 0.3 is 0 Å². The second kappa shape index (κ2) is 6.36. The monoisotopic (exact) mass is 262 g/mol. The third kappa shape index (κ3) is 2.94. The Labute approximate surface area is 111 Å². The Hall–Kier alpha value is -1.85. The molecule has 0 radical (unpaired) electrons. The zero-order chi connectivity index (χ0) is 13.7. The fourth-order valence-corrected chi connectivity index (χ4v) is 2.08. The first-order valence-corrected chi connectivity index (χ1v) is 6.23. The standard InChI is InChI=1S/C14H18N2O3/c1-19-10-8-16(7-9-17)14(18)12-3-2-4-13-11(12)5-6-15-13/h2-6,15,17H,7-10H2,1H3. The van der Waals surface area contributed by atoms with E-state index in [2.05, 4.69) is 4.98 Å². The number of nitrogens with one attached hydrogen (secondary N) is 1. The minimum Gasteiger partial charge on any atom is -0.395 e. The number of fused-ring (bicyclic) bond motifs is 1. The summed E-state index contributed by atoms with van der Waals surface area (Å²) in [5, 5.41) is 9.96. The first kappa shape index (κ1) is 13.6. The molecule has 0 bridgehead atoms. The number of aliphatic hydroxyl groups excluding tert-OH is 1. The maximum absolute atomic E-state index is 12.5. The third-order valence-corrected chi connectivity index (χ3v) is 3.05. The molecule has 5 heteroatoms. The quantitative estimate of drug-likeness (QED) is 0.823. The molecule has 0 unspecified atom stereocenters. The number of carbonyl (C=O) groups is 1. The number of benzene rings is 1. The summed E-state index contributed by atoms with van der Waals surface area (Å²) >= 11 is 0. The molecule has 2 aromatic rings. The van der Waals surface area contributed by atoms with Gasteiger partial charge in [-0.1, -0.05) is 6.07 Å². The Bertz CT molecular complexity index is 550. The Kier molecular flexibility index (Phi) is 4.54. The van der Waals surface area contributed by atoms with Gasteiger partial charge in [-0.25, -0.2) is 0 Å². The van der Waals surface area contributed by atoms with Gasteiger partial charge < -0.3 is 19.7 Å². The number of H-pyrrole nitrogens is 1. The number of aromatic amines is 1. The summed E-state index contributed by atoms with van der Waals surface area (Å²) in [6.07, 6.45) is 1.81. The Balaban J connectivity index is 2.27. The van der Waals surface area contributed by atoms with Crippen LogP contribution in [0.15, 0.2) is 30.5 Å². The second-order valence-corrected chi connectivity index (χ2v) is 4.25. The van der Waals surface area contributed by atoms with Crippen molar-refractivity contribution in [2.24, 2.45) is 0 Å². The molecule has 5 nitrogen and oxygen atoms in total. The molecule has 0 fully saturated rings. The number of ether oxygens (including phenoxy) is 1. The maximum Gasteiger partial charge on any atom is 0.254 e. The van der Waals surface area contributed by atoms with Crippen LogP contribution in [-0.2, 0) is 4.74 Å². The molecule has 2 N–H and O–H groups in total. The molecule has 102 valence electrons. The molecule has 1 aromatic carbocycles. The molecule has 0 saturated heterocycles. The van der Waals surface area contributed by atoms with Gasteiger partial charge in [-0.05, 0) is 18.2 Å². The number of methoxy groups -OCH3 is 1. The van der Waals surface area contributed by atoms with Crippen LogP contribution in [0.5, 0.6) is 0 Å². The van der Waals surface area contributed by atoms with Gasteiger partial charge in [0.1, 0.15) is 0 Å². The molecule has 0 aliphatic rings. The van der Waals surface area contributed by atoms with Crippen molar-refractivity contribution < 1.29 is 14.6 Å². The highest BCUT2D eigenvalue weighted by Gasteiger charge is 2.17. The number of carbonyl (C=O) groups excluding carboxylic acids is 1. The van der Waals surface area contributed by atoms with Crippen molar-refractivity contribution in [3.05, 3.63) is 36.0 Å². The van der Waals surface area contributed by atoms with Gasteiger partial charge in [0.25, 0.3) is 5.91 Å². The fraction of sp³-hybridized carbons (Fsp3) is 0.357. The molecule has 1 aromatic heterocycles. The van der Waals surface area contributed by atoms with E-state index in [4.69, 9.17) is 9.84 Å². The predicted molar refractivity (Wildman–Crippen MR) is 73.2 cm³/mol. The lowest BCUT2D eigenvalue weighted by Crippen LogP contribution is -2.36. The molecule has 1 amide bonds. The minimum atomic E-state index is -0.0868. The first-order chi connectivity index (χ1) is 9.27. The van der Waals surface area contributed by atoms with Crippen molar-refractivity contribution in [3.63, 3.8) is 0 Å². The van der Waals surface area contributed by atoms with E-state index in [1.807, 2.05) is 24.4 Å². The smallest absolute Gasteiger partial charge is 0.254 e. The van der Waals surface area contributed by atoms with Gasteiger partial charge in [0, 0.05) is 42.9 Å². The number of hydrogen-bond acceptors (Lipinski definition) is 3. The summed E-state index contributed by atoms with van der Waals surface area (Å²) in [6, 6.07) is 7.46. The predicted octanol–water partition coefficient (Wildman–Crippen LogP) is 1.25. The summed E-state index contributed by atoms with van der Waals surface area (Å²) in [4.78, 5) is 17.2. The first-order valence-electron chi connectivity index (χ1n) is 6.23. The van der Waals surface area contributed by atoms with Crippen molar-refractivity contribution in [2.45, 2.75) is 0 Å². The number of amides is 1. The van der Waals surface area contributed by atoms with E-state index < -0.39 is 0 Å². The van der Waals surface area contributed by atoms with Crippen LogP contribution in [0.4, 0.5) is 0 Å². The molecule has 1 heterocycles. The van der Waals surface area contributed by atoms with Crippen LogP contribution in [0, 0.1) is 0 Å². The lowest BCUT2D eigenvalue weighted by molar-refractivity contribution is 0.0658. The number of nitrogens with zero attached hydrogens (tertiary/aromatic N) is 1. The van der Waals surface area contributed by atoms with Crippen molar-refractivity contribution in [1.29, 1.82) is 0 Å². The van der Waals surface area contributed by atoms with Crippen molar-refractivity contribution in [2.75, 3.05) is 33.4 Å². The van der Waals surface area contributed by atoms with E-state index in [9.17, 15) is 4.79 Å². The fourth-order valence-electron chi connectivity index (χ4n) is 2.08. The summed E-state index contributed by atoms with van der Waals surface area (Å²) in [5.74, 6) is -0.0868. The zero-order valence-electron chi connectivity index (χ0n) is 10.9. The summed E-state index contributed by atoms with van der Waals surface area (Å²) in [6.45, 7) is 1.17. The van der Waals surface area contributed by atoms with Gasteiger partial charge in [-0.15, -0.1) is 0 Å². The lowest BCUT2D eigenvalue weighted by Gasteiger charge is -2.21. The number of aromatic nitrogens is 1. The number of hydrogen-bond donors (Lipinski definition) is 2. The maximum atomic E-state index is 12.5. The highest BCUT2D eigenvalue weighted by Crippen LogP contribution is 2.19. The second-order valence-electron chi connectivity index (χ2n) is 4.25. The largest absolute Gasteiger partial charge is 0.395 e. The topological polar surface area (TPSA) is 65.6 Å². The van der Waals surface area contributed by atoms with Gasteiger partial charge in [0.05, 0.1) is 13.2 Å². The molecule has 2 rings (SSSR count). The molecular weight excluding hydrogens is 244 g/mol. The van der Waals surface area contributed by atoms with Crippen LogP contribution >= 0.6 is 0 Å². The van der Waals surface area contributed by atoms with E-state index in [-0.39, 0.29) is 12.5 Å². The van der Waals surface area contributed by atoms with Crippen molar-refractivity contribution in [1.82, 2.24) is 9.88 Å². The van der Waals surface area contributed by atoms with Crippen LogP contribution in [-0.4, -0.2) is 54.3 Å². The molecule has 0 saturated carbocycles. The Morgan fingerprint density at radius 2 is 2.21 bits per heavy atom. The van der Waals surface area contributed by atoms with Gasteiger partial charge in [-0.2, -0.15) is 0 Å². The molecule has 0 aliphatic heterocycles. The van der Waals surface area contributed by atoms with Crippen LogP contribution in [0.2, 0.25) is 0 Å². The summed E-state index contributed by atoms with van der Waals surface area (Å²) < 4.78 is 5.00. The molecule has 0 spiro atoms. The molecular formula is C14H18N2O3. The van der Waals surface area contributed by atoms with E-state index in [1.54, 1.807) is 18.1 Å². The van der Waals surface area contributed by atoms with Gasteiger partial charge in [-0.3, -0.25) is 4.79 Å². The summed E-state index contributed by atoms with van der Waals surface area (Å²) in [7, 11) is 1.59. The van der Waals surface area contributed by atoms with Crippen LogP contribution < -0.4 is 0 Å². The van der Waals surface area contributed by atoms with Crippen LogP contribution in [0.25, 0.3) is 10.9 Å². The van der Waals surface area contributed by atoms with Crippen LogP contribution in [0.1, 0.15) is 10.4 Å². The van der Waals surface area contributed by atoms with E-state index in [0.717, 1.165) is 10.9 Å². The van der Waals surface area contributed by atoms with Crippen molar-refractivity contribution >= 4 is 16.8 Å². The Morgan fingerprint density at radius 3 is 2.95 bits per heavy atom. The van der Waals surface area contributed by atoms with Gasteiger partial charge in [0.2, 0.25) is 0 Å². The van der Waals surface area contributed by atoms with Gasteiger partial charge in [0.15, 0.2) is 0 Å². The van der Waals surface area contributed by atoms with E-state index in [0.29, 0.717) is 25.3 Å². The number of rotatable bonds is 6. The average molecular weight is 262 g/mol. The highest BCUT2D eigenvalue weighted by atomic mass is 16.5. The summed E-state index contributed by atoms with van der Waals surface area (Å²) in [5.41, 5.74) is 1.57. The zero-order valence-corrected chi connectivity index (χ0v) is 10.9. The highest BCUT2D eigenvalue weighted by molar-refractivity contribution is 6.06. The van der Waals surface area contributed by atoms with Crippen molar-refractivity contribution in [3.8, 4) is 0 Å². The average Bonchev–Trinajstić information content (AvgIpc) is 2.91.